The zero-order valence-corrected chi connectivity index (χ0v) is 14.6. The summed E-state index contributed by atoms with van der Waals surface area (Å²) in [5, 5.41) is 6.58. The van der Waals surface area contributed by atoms with Crippen molar-refractivity contribution in [2.75, 3.05) is 11.9 Å². The highest BCUT2D eigenvalue weighted by Crippen LogP contribution is 2.43. The molecule has 6 heteroatoms. The summed E-state index contributed by atoms with van der Waals surface area (Å²) in [5.74, 6) is 0.447. The van der Waals surface area contributed by atoms with Gasteiger partial charge in [0.25, 0.3) is 5.91 Å². The molecule has 2 amide bonds. The lowest BCUT2D eigenvalue weighted by atomic mass is 9.85. The van der Waals surface area contributed by atoms with Crippen LogP contribution in [0.15, 0.2) is 0 Å². The van der Waals surface area contributed by atoms with Gasteiger partial charge in [-0.25, -0.2) is 0 Å². The van der Waals surface area contributed by atoms with Gasteiger partial charge in [-0.2, -0.15) is 0 Å². The van der Waals surface area contributed by atoms with Crippen molar-refractivity contribution >= 4 is 33.9 Å². The fraction of sp³-hybridized carbons (Fsp3) is 0.611. The number of aryl methyl sites for hydroxylation is 1. The number of hydrogen-bond donors (Lipinski definition) is 2. The molecule has 2 fully saturated rings. The van der Waals surface area contributed by atoms with E-state index in [0.717, 1.165) is 23.3 Å². The van der Waals surface area contributed by atoms with Crippen molar-refractivity contribution in [3.05, 3.63) is 16.0 Å². The van der Waals surface area contributed by atoms with Crippen LogP contribution < -0.4 is 10.6 Å². The van der Waals surface area contributed by atoms with Gasteiger partial charge in [0.1, 0.15) is 10.8 Å². The van der Waals surface area contributed by atoms with Crippen LogP contribution in [0.2, 0.25) is 0 Å². The molecule has 1 aromatic rings. The van der Waals surface area contributed by atoms with Crippen molar-refractivity contribution in [2.24, 2.45) is 11.8 Å². The Balaban J connectivity index is 1.65. The number of fused-ring (bicyclic) bond motifs is 1. The van der Waals surface area contributed by atoms with Crippen LogP contribution in [0.4, 0.5) is 5.00 Å². The molecular weight excluding hydrogens is 324 g/mol. The fourth-order valence-corrected chi connectivity index (χ4v) is 4.56. The van der Waals surface area contributed by atoms with E-state index in [1.807, 2.05) is 6.92 Å². The van der Waals surface area contributed by atoms with E-state index in [1.54, 1.807) is 0 Å². The second kappa shape index (κ2) is 5.99. The maximum absolute atomic E-state index is 12.8. The van der Waals surface area contributed by atoms with Crippen molar-refractivity contribution in [1.82, 2.24) is 5.32 Å². The van der Waals surface area contributed by atoms with Crippen LogP contribution in [0.5, 0.6) is 0 Å². The van der Waals surface area contributed by atoms with Gasteiger partial charge in [-0.3, -0.25) is 14.4 Å². The molecule has 1 aromatic heterocycles. The van der Waals surface area contributed by atoms with Crippen LogP contribution in [0.1, 0.15) is 65.7 Å². The summed E-state index contributed by atoms with van der Waals surface area (Å²) in [7, 11) is 0. The monoisotopic (exact) mass is 346 g/mol. The van der Waals surface area contributed by atoms with Crippen molar-refractivity contribution in [1.29, 1.82) is 0 Å². The molecule has 0 saturated heterocycles. The Morgan fingerprint density at radius 3 is 2.58 bits per heavy atom. The predicted molar refractivity (Wildman–Crippen MR) is 92.5 cm³/mol. The van der Waals surface area contributed by atoms with E-state index in [4.69, 9.17) is 0 Å². The molecule has 4 rings (SSSR count). The molecule has 3 aliphatic rings. The van der Waals surface area contributed by atoms with Gasteiger partial charge < -0.3 is 10.6 Å². The van der Waals surface area contributed by atoms with Crippen LogP contribution >= 0.6 is 11.3 Å². The Bertz CT molecular complexity index is 716. The molecule has 3 aliphatic carbocycles. The first-order valence-corrected chi connectivity index (χ1v) is 9.63. The molecule has 2 N–H and O–H groups in total. The molecule has 1 unspecified atom stereocenters. The Morgan fingerprint density at radius 2 is 1.92 bits per heavy atom. The third-order valence-corrected chi connectivity index (χ3v) is 6.38. The minimum absolute atomic E-state index is 0.00354. The van der Waals surface area contributed by atoms with Gasteiger partial charge >= 0.3 is 0 Å². The highest BCUT2D eigenvalue weighted by Gasteiger charge is 2.36. The first kappa shape index (κ1) is 15.8. The average molecular weight is 346 g/mol. The smallest absolute Gasteiger partial charge is 0.254 e. The van der Waals surface area contributed by atoms with E-state index in [1.165, 1.54) is 24.2 Å². The van der Waals surface area contributed by atoms with Crippen molar-refractivity contribution in [3.63, 3.8) is 0 Å². The molecule has 0 radical (unpaired) electrons. The third kappa shape index (κ3) is 2.99. The number of hydrogen-bond acceptors (Lipinski definition) is 4. The second-order valence-corrected chi connectivity index (χ2v) is 8.35. The third-order valence-electron chi connectivity index (χ3n) is 5.20. The molecule has 0 aliphatic heterocycles. The number of rotatable bonds is 5. The molecular formula is C18H22N2O3S. The van der Waals surface area contributed by atoms with Crippen LogP contribution in [-0.4, -0.2) is 24.1 Å². The van der Waals surface area contributed by atoms with Crippen LogP contribution in [-0.2, 0) is 16.0 Å². The van der Waals surface area contributed by atoms with Gasteiger partial charge in [0, 0.05) is 29.7 Å². The largest absolute Gasteiger partial charge is 0.352 e. The lowest BCUT2D eigenvalue weighted by Gasteiger charge is -2.19. The van der Waals surface area contributed by atoms with E-state index in [2.05, 4.69) is 10.6 Å². The van der Waals surface area contributed by atoms with Crippen LogP contribution in [0, 0.1) is 11.8 Å². The molecule has 24 heavy (non-hydrogen) atoms. The topological polar surface area (TPSA) is 75.3 Å². The summed E-state index contributed by atoms with van der Waals surface area (Å²) in [5.41, 5.74) is 1.38. The molecule has 1 heterocycles. The van der Waals surface area contributed by atoms with Crippen molar-refractivity contribution in [2.45, 2.75) is 51.4 Å². The van der Waals surface area contributed by atoms with E-state index in [-0.39, 0.29) is 29.4 Å². The minimum Gasteiger partial charge on any atom is -0.352 e. The van der Waals surface area contributed by atoms with Gasteiger partial charge in [0.05, 0.1) is 5.56 Å². The van der Waals surface area contributed by atoms with Crippen molar-refractivity contribution < 1.29 is 14.4 Å². The van der Waals surface area contributed by atoms with Gasteiger partial charge in [-0.15, -0.1) is 11.3 Å². The molecule has 128 valence electrons. The molecule has 0 bridgehead atoms. The molecule has 0 spiro atoms. The van der Waals surface area contributed by atoms with E-state index < -0.39 is 0 Å². The SMILES string of the molecule is CC1C(=O)CCc2sc(NC(=O)C3CC3)c(C(=O)NCC3CC3)c21. The van der Waals surface area contributed by atoms with Crippen LogP contribution in [0.25, 0.3) is 0 Å². The predicted octanol–water partition coefficient (Wildman–Crippen LogP) is 2.86. The second-order valence-electron chi connectivity index (χ2n) is 7.25. The first-order chi connectivity index (χ1) is 11.5. The highest BCUT2D eigenvalue weighted by molar-refractivity contribution is 7.17. The van der Waals surface area contributed by atoms with E-state index >= 15 is 0 Å². The van der Waals surface area contributed by atoms with Gasteiger partial charge in [0.2, 0.25) is 5.91 Å². The van der Waals surface area contributed by atoms with Gasteiger partial charge in [0.15, 0.2) is 0 Å². The summed E-state index contributed by atoms with van der Waals surface area (Å²) < 4.78 is 0. The zero-order chi connectivity index (χ0) is 16.8. The number of carbonyl (C=O) groups is 3. The quantitative estimate of drug-likeness (QED) is 0.861. The standard InChI is InChI=1S/C18H22N2O3S/c1-9-12(21)6-7-13-14(9)15(17(23)19-8-10-2-3-10)18(24-13)20-16(22)11-4-5-11/h9-11H,2-8H2,1H3,(H,19,23)(H,20,22). The van der Waals surface area contributed by atoms with Gasteiger partial charge in [-0.1, -0.05) is 6.92 Å². The first-order valence-electron chi connectivity index (χ1n) is 8.82. The number of nitrogens with one attached hydrogen (secondary N) is 2. The molecule has 0 aromatic carbocycles. The number of ketones is 1. The lowest BCUT2D eigenvalue weighted by molar-refractivity contribution is -0.120. The summed E-state index contributed by atoms with van der Waals surface area (Å²) >= 11 is 1.47. The summed E-state index contributed by atoms with van der Waals surface area (Å²) in [6.07, 6.45) is 5.38. The van der Waals surface area contributed by atoms with E-state index in [9.17, 15) is 14.4 Å². The van der Waals surface area contributed by atoms with Gasteiger partial charge in [-0.05, 0) is 43.6 Å². The minimum atomic E-state index is -0.266. The van der Waals surface area contributed by atoms with E-state index in [0.29, 0.717) is 35.9 Å². The Morgan fingerprint density at radius 1 is 1.17 bits per heavy atom. The molecule has 1 atom stereocenters. The summed E-state index contributed by atoms with van der Waals surface area (Å²) in [4.78, 5) is 38.2. The Labute approximate surface area is 145 Å². The molecule has 5 nitrogen and oxygen atoms in total. The summed E-state index contributed by atoms with van der Waals surface area (Å²) in [6, 6.07) is 0. The van der Waals surface area contributed by atoms with Crippen molar-refractivity contribution in [3.8, 4) is 0 Å². The number of carbonyl (C=O) groups excluding carboxylic acids is 3. The number of anilines is 1. The number of thiophene rings is 1. The maximum Gasteiger partial charge on any atom is 0.254 e. The zero-order valence-electron chi connectivity index (χ0n) is 13.8. The fourth-order valence-electron chi connectivity index (χ4n) is 3.27. The molecule has 2 saturated carbocycles. The lowest BCUT2D eigenvalue weighted by Crippen LogP contribution is -2.29. The average Bonchev–Trinajstić information content (AvgIpc) is 3.45. The van der Waals surface area contributed by atoms with Crippen LogP contribution in [0.3, 0.4) is 0 Å². The Hall–Kier alpha value is -1.69. The Kier molecular flexibility index (Phi) is 3.95. The normalized spacial score (nSPS) is 22.9. The number of Topliss-reactive ketones (excluding diaryl/α,β-unsaturated/α-hetero) is 1. The highest BCUT2D eigenvalue weighted by atomic mass is 32.1. The maximum atomic E-state index is 12.8. The summed E-state index contributed by atoms with van der Waals surface area (Å²) in [6.45, 7) is 2.55. The number of amides is 2.